The van der Waals surface area contributed by atoms with Gasteiger partial charge in [-0.15, -0.1) is 11.3 Å². The number of carbonyl (C=O) groups excluding carboxylic acids is 1. The van der Waals surface area contributed by atoms with Crippen LogP contribution in [0.15, 0.2) is 36.8 Å². The van der Waals surface area contributed by atoms with Gasteiger partial charge in [0.05, 0.1) is 0 Å². The van der Waals surface area contributed by atoms with Crippen LogP contribution in [0.5, 0.6) is 0 Å². The first-order chi connectivity index (χ1) is 9.72. The summed E-state index contributed by atoms with van der Waals surface area (Å²) in [4.78, 5) is 22.5. The van der Waals surface area contributed by atoms with Crippen molar-refractivity contribution in [3.05, 3.63) is 53.1 Å². The molecule has 3 aromatic rings. The van der Waals surface area contributed by atoms with Crippen molar-refractivity contribution in [1.29, 1.82) is 0 Å². The number of nitrogens with zero attached hydrogens (tertiary/aromatic N) is 3. The van der Waals surface area contributed by atoms with Crippen molar-refractivity contribution >= 4 is 22.2 Å². The highest BCUT2D eigenvalue weighted by atomic mass is 32.1. The van der Waals surface area contributed by atoms with E-state index in [0.29, 0.717) is 18.7 Å². The third-order valence-corrected chi connectivity index (χ3v) is 3.81. The van der Waals surface area contributed by atoms with Crippen LogP contribution in [0.4, 0.5) is 0 Å². The molecule has 0 aliphatic heterocycles. The molecule has 5 nitrogen and oxygen atoms in total. The van der Waals surface area contributed by atoms with Crippen LogP contribution in [0, 0.1) is 6.92 Å². The molecule has 6 heteroatoms. The second-order valence-corrected chi connectivity index (χ2v) is 5.70. The quantitative estimate of drug-likeness (QED) is 0.798. The summed E-state index contributed by atoms with van der Waals surface area (Å²) >= 11 is 1.57. The van der Waals surface area contributed by atoms with E-state index in [-0.39, 0.29) is 5.91 Å². The number of rotatable bonds is 4. The molecule has 0 aliphatic carbocycles. The van der Waals surface area contributed by atoms with Crippen LogP contribution >= 0.6 is 11.3 Å². The Balaban J connectivity index is 1.60. The molecule has 3 heterocycles. The zero-order valence-corrected chi connectivity index (χ0v) is 11.9. The van der Waals surface area contributed by atoms with Gasteiger partial charge in [0, 0.05) is 42.1 Å². The maximum Gasteiger partial charge on any atom is 0.271 e. The summed E-state index contributed by atoms with van der Waals surface area (Å²) in [5, 5.41) is 2.86. The molecular formula is C14H14N4OS. The lowest BCUT2D eigenvalue weighted by molar-refractivity contribution is 0.0949. The molecular weight excluding hydrogens is 272 g/mol. The first-order valence-electron chi connectivity index (χ1n) is 6.35. The van der Waals surface area contributed by atoms with Gasteiger partial charge in [-0.25, -0.2) is 4.98 Å². The molecule has 0 bridgehead atoms. The standard InChI is InChI=1S/C14H14N4OS/c1-10-8-18-9-12(17-14(18)20-10)13(19)16-7-5-11-4-2-3-6-15-11/h2-4,6,8-9H,5,7H2,1H3,(H,16,19). The number of pyridine rings is 1. The molecule has 0 radical (unpaired) electrons. The van der Waals surface area contributed by atoms with Crippen LogP contribution < -0.4 is 5.32 Å². The van der Waals surface area contributed by atoms with E-state index in [9.17, 15) is 4.79 Å². The molecule has 102 valence electrons. The molecule has 0 atom stereocenters. The lowest BCUT2D eigenvalue weighted by Gasteiger charge is -2.02. The second-order valence-electron chi connectivity index (χ2n) is 4.48. The third kappa shape index (κ3) is 2.70. The topological polar surface area (TPSA) is 59.3 Å². The van der Waals surface area contributed by atoms with Gasteiger partial charge in [0.2, 0.25) is 0 Å². The molecule has 0 aliphatic rings. The summed E-state index contributed by atoms with van der Waals surface area (Å²) < 4.78 is 1.88. The molecule has 0 unspecified atom stereocenters. The highest BCUT2D eigenvalue weighted by molar-refractivity contribution is 7.17. The van der Waals surface area contributed by atoms with Gasteiger partial charge in [-0.2, -0.15) is 0 Å². The Bertz CT molecular complexity index is 701. The summed E-state index contributed by atoms with van der Waals surface area (Å²) in [6.45, 7) is 2.58. The van der Waals surface area contributed by atoms with Gasteiger partial charge < -0.3 is 5.32 Å². The van der Waals surface area contributed by atoms with Crippen LogP contribution in [0.1, 0.15) is 21.1 Å². The Labute approximate surface area is 120 Å². The Morgan fingerprint density at radius 2 is 2.30 bits per heavy atom. The normalized spacial score (nSPS) is 10.8. The zero-order valence-electron chi connectivity index (χ0n) is 11.0. The number of carbonyl (C=O) groups is 1. The lowest BCUT2D eigenvalue weighted by Crippen LogP contribution is -2.26. The molecule has 1 N–H and O–H groups in total. The second kappa shape index (κ2) is 5.42. The van der Waals surface area contributed by atoms with Gasteiger partial charge in [-0.3, -0.25) is 14.2 Å². The number of aryl methyl sites for hydroxylation is 1. The number of amides is 1. The Kier molecular flexibility index (Phi) is 3.47. The van der Waals surface area contributed by atoms with Crippen LogP contribution in [-0.4, -0.2) is 26.8 Å². The van der Waals surface area contributed by atoms with Crippen LogP contribution in [-0.2, 0) is 6.42 Å². The van der Waals surface area contributed by atoms with Crippen molar-refractivity contribution in [3.63, 3.8) is 0 Å². The lowest BCUT2D eigenvalue weighted by atomic mass is 10.2. The zero-order chi connectivity index (χ0) is 13.9. The minimum Gasteiger partial charge on any atom is -0.350 e. The first-order valence-corrected chi connectivity index (χ1v) is 7.17. The van der Waals surface area contributed by atoms with E-state index in [1.807, 2.05) is 35.7 Å². The Morgan fingerprint density at radius 3 is 3.05 bits per heavy atom. The number of fused-ring (bicyclic) bond motifs is 1. The fourth-order valence-corrected chi connectivity index (χ4v) is 2.77. The van der Waals surface area contributed by atoms with Crippen molar-refractivity contribution in [2.75, 3.05) is 6.54 Å². The van der Waals surface area contributed by atoms with Crippen LogP contribution in [0.3, 0.4) is 0 Å². The van der Waals surface area contributed by atoms with E-state index in [2.05, 4.69) is 15.3 Å². The molecule has 1 amide bonds. The summed E-state index contributed by atoms with van der Waals surface area (Å²) in [6, 6.07) is 5.76. The molecule has 0 fully saturated rings. The Hall–Kier alpha value is -2.21. The first kappa shape index (κ1) is 12.8. The SMILES string of the molecule is Cc1cn2cc(C(=O)NCCc3ccccn3)nc2s1. The van der Waals surface area contributed by atoms with E-state index in [0.717, 1.165) is 10.7 Å². The predicted molar refractivity (Wildman–Crippen MR) is 78.1 cm³/mol. The molecule has 0 saturated heterocycles. The molecule has 3 aromatic heterocycles. The van der Waals surface area contributed by atoms with Crippen molar-refractivity contribution in [2.24, 2.45) is 0 Å². The molecule has 0 spiro atoms. The number of thiazole rings is 1. The van der Waals surface area contributed by atoms with Gasteiger partial charge in [-0.05, 0) is 19.1 Å². The minimum atomic E-state index is -0.144. The maximum atomic E-state index is 12.0. The monoisotopic (exact) mass is 286 g/mol. The van der Waals surface area contributed by atoms with Gasteiger partial charge in [0.25, 0.3) is 5.91 Å². The van der Waals surface area contributed by atoms with E-state index in [1.165, 1.54) is 4.88 Å². The van der Waals surface area contributed by atoms with Crippen molar-refractivity contribution in [1.82, 2.24) is 19.7 Å². The molecule has 20 heavy (non-hydrogen) atoms. The summed E-state index contributed by atoms with van der Waals surface area (Å²) in [5.74, 6) is -0.144. The molecule has 3 rings (SSSR count). The van der Waals surface area contributed by atoms with Crippen molar-refractivity contribution < 1.29 is 4.79 Å². The van der Waals surface area contributed by atoms with E-state index < -0.39 is 0 Å². The summed E-state index contributed by atoms with van der Waals surface area (Å²) in [5.41, 5.74) is 1.42. The third-order valence-electron chi connectivity index (χ3n) is 2.90. The number of hydrogen-bond donors (Lipinski definition) is 1. The molecule has 0 aromatic carbocycles. The van der Waals surface area contributed by atoms with E-state index >= 15 is 0 Å². The molecule has 0 saturated carbocycles. The van der Waals surface area contributed by atoms with Crippen LogP contribution in [0.25, 0.3) is 4.96 Å². The average molecular weight is 286 g/mol. The fraction of sp³-hybridized carbons (Fsp3) is 0.214. The van der Waals surface area contributed by atoms with E-state index in [1.54, 1.807) is 23.7 Å². The Morgan fingerprint density at radius 1 is 1.40 bits per heavy atom. The number of hydrogen-bond acceptors (Lipinski definition) is 4. The summed E-state index contributed by atoms with van der Waals surface area (Å²) in [7, 11) is 0. The van der Waals surface area contributed by atoms with E-state index in [4.69, 9.17) is 0 Å². The van der Waals surface area contributed by atoms with Crippen molar-refractivity contribution in [2.45, 2.75) is 13.3 Å². The smallest absolute Gasteiger partial charge is 0.271 e. The highest BCUT2D eigenvalue weighted by Gasteiger charge is 2.11. The van der Waals surface area contributed by atoms with Gasteiger partial charge in [0.1, 0.15) is 5.69 Å². The number of aromatic nitrogens is 3. The van der Waals surface area contributed by atoms with Crippen LogP contribution in [0.2, 0.25) is 0 Å². The average Bonchev–Trinajstić information content (AvgIpc) is 2.97. The van der Waals surface area contributed by atoms with Gasteiger partial charge in [0.15, 0.2) is 4.96 Å². The summed E-state index contributed by atoms with van der Waals surface area (Å²) in [6.07, 6.45) is 6.20. The number of nitrogens with one attached hydrogen (secondary N) is 1. The highest BCUT2D eigenvalue weighted by Crippen LogP contribution is 2.16. The minimum absolute atomic E-state index is 0.144. The predicted octanol–water partition coefficient (Wildman–Crippen LogP) is 2.07. The largest absolute Gasteiger partial charge is 0.350 e. The maximum absolute atomic E-state index is 12.0. The fourth-order valence-electron chi connectivity index (χ4n) is 1.96. The van der Waals surface area contributed by atoms with Crippen molar-refractivity contribution in [3.8, 4) is 0 Å². The van der Waals surface area contributed by atoms with Gasteiger partial charge >= 0.3 is 0 Å². The van der Waals surface area contributed by atoms with Gasteiger partial charge in [-0.1, -0.05) is 6.07 Å². The number of imidazole rings is 1.